The van der Waals surface area contributed by atoms with Gasteiger partial charge in [0.2, 0.25) is 0 Å². The molecule has 4 heteroatoms. The number of hydrogen-bond acceptors (Lipinski definition) is 2. The zero-order valence-corrected chi connectivity index (χ0v) is 11.8. The van der Waals surface area contributed by atoms with Crippen molar-refractivity contribution in [3.63, 3.8) is 0 Å². The molecular formula is C13H13FINO. The summed E-state index contributed by atoms with van der Waals surface area (Å²) in [6.45, 7) is 2.01. The van der Waals surface area contributed by atoms with Crippen LogP contribution in [0.25, 0.3) is 11.3 Å². The Balaban J connectivity index is 2.40. The fraction of sp³-hybridized carbons (Fsp3) is 0.231. The summed E-state index contributed by atoms with van der Waals surface area (Å²) in [5, 5.41) is 3.10. The molecule has 0 fully saturated rings. The first kappa shape index (κ1) is 12.6. The lowest BCUT2D eigenvalue weighted by atomic mass is 10.2. The van der Waals surface area contributed by atoms with E-state index in [2.05, 4.69) is 5.32 Å². The predicted octanol–water partition coefficient (Wildman–Crippen LogP) is 3.97. The zero-order chi connectivity index (χ0) is 12.4. The smallest absolute Gasteiger partial charge is 0.137 e. The molecule has 0 aliphatic carbocycles. The standard InChI is InChI=1S/C13H13FINO/c1-8(16-2)11-6-7-12(17-11)9-4-3-5-10(14)13(9)15/h3-8,16H,1-2H3. The van der Waals surface area contributed by atoms with Gasteiger partial charge in [-0.1, -0.05) is 6.07 Å². The quantitative estimate of drug-likeness (QED) is 0.852. The molecular weight excluding hydrogens is 332 g/mol. The summed E-state index contributed by atoms with van der Waals surface area (Å²) in [5.41, 5.74) is 0.792. The number of benzene rings is 1. The number of halogens is 2. The normalized spacial score (nSPS) is 12.7. The first-order valence-electron chi connectivity index (χ1n) is 5.35. The van der Waals surface area contributed by atoms with Crippen LogP contribution in [0.1, 0.15) is 18.7 Å². The number of rotatable bonds is 3. The van der Waals surface area contributed by atoms with Crippen LogP contribution in [-0.2, 0) is 0 Å². The maximum absolute atomic E-state index is 13.4. The highest BCUT2D eigenvalue weighted by Gasteiger charge is 2.13. The average Bonchev–Trinajstić information content (AvgIpc) is 2.81. The highest BCUT2D eigenvalue weighted by molar-refractivity contribution is 14.1. The molecule has 0 amide bonds. The van der Waals surface area contributed by atoms with Crippen molar-refractivity contribution in [1.29, 1.82) is 0 Å². The Bertz CT molecular complexity index is 524. The zero-order valence-electron chi connectivity index (χ0n) is 9.63. The summed E-state index contributed by atoms with van der Waals surface area (Å²) in [5.74, 6) is 1.33. The van der Waals surface area contributed by atoms with Crippen molar-refractivity contribution in [3.8, 4) is 11.3 Å². The van der Waals surface area contributed by atoms with Crippen molar-refractivity contribution in [3.05, 3.63) is 45.5 Å². The molecule has 1 atom stereocenters. The van der Waals surface area contributed by atoms with Crippen molar-refractivity contribution < 1.29 is 8.81 Å². The first-order chi connectivity index (χ1) is 8.13. The molecule has 0 bridgehead atoms. The molecule has 1 heterocycles. The van der Waals surface area contributed by atoms with Gasteiger partial charge in [-0.2, -0.15) is 0 Å². The second-order valence-corrected chi connectivity index (χ2v) is 4.89. The van der Waals surface area contributed by atoms with E-state index in [1.165, 1.54) is 6.07 Å². The van der Waals surface area contributed by atoms with E-state index in [9.17, 15) is 4.39 Å². The van der Waals surface area contributed by atoms with Crippen LogP contribution in [0, 0.1) is 9.39 Å². The summed E-state index contributed by atoms with van der Waals surface area (Å²) >= 11 is 1.99. The molecule has 0 saturated heterocycles. The Morgan fingerprint density at radius 2 is 2.06 bits per heavy atom. The van der Waals surface area contributed by atoms with Gasteiger partial charge in [-0.15, -0.1) is 0 Å². The number of furan rings is 1. The lowest BCUT2D eigenvalue weighted by molar-refractivity contribution is 0.458. The van der Waals surface area contributed by atoms with Gasteiger partial charge in [0.25, 0.3) is 0 Å². The molecule has 2 aromatic rings. The third kappa shape index (κ3) is 2.52. The van der Waals surface area contributed by atoms with E-state index in [1.807, 2.05) is 54.8 Å². The molecule has 17 heavy (non-hydrogen) atoms. The molecule has 0 saturated carbocycles. The minimum absolute atomic E-state index is 0.148. The Labute approximate surface area is 113 Å². The molecule has 1 N–H and O–H groups in total. The first-order valence-corrected chi connectivity index (χ1v) is 6.42. The molecule has 0 spiro atoms. The highest BCUT2D eigenvalue weighted by Crippen LogP contribution is 2.30. The number of nitrogens with one attached hydrogen (secondary N) is 1. The highest BCUT2D eigenvalue weighted by atomic mass is 127. The lowest BCUT2D eigenvalue weighted by Crippen LogP contribution is -2.11. The van der Waals surface area contributed by atoms with Gasteiger partial charge in [0, 0.05) is 5.56 Å². The van der Waals surface area contributed by atoms with Gasteiger partial charge >= 0.3 is 0 Å². The summed E-state index contributed by atoms with van der Waals surface area (Å²) < 4.78 is 19.7. The van der Waals surface area contributed by atoms with E-state index in [4.69, 9.17) is 4.42 Å². The topological polar surface area (TPSA) is 25.2 Å². The van der Waals surface area contributed by atoms with Crippen molar-refractivity contribution in [2.45, 2.75) is 13.0 Å². The SMILES string of the molecule is CNC(C)c1ccc(-c2cccc(F)c2I)o1. The van der Waals surface area contributed by atoms with Crippen LogP contribution in [-0.4, -0.2) is 7.05 Å². The maximum atomic E-state index is 13.4. The molecule has 1 aromatic heterocycles. The van der Waals surface area contributed by atoms with Crippen LogP contribution in [0.5, 0.6) is 0 Å². The van der Waals surface area contributed by atoms with Gasteiger partial charge in [0.15, 0.2) is 0 Å². The monoisotopic (exact) mass is 345 g/mol. The number of hydrogen-bond donors (Lipinski definition) is 1. The van der Waals surface area contributed by atoms with E-state index < -0.39 is 0 Å². The van der Waals surface area contributed by atoms with Crippen molar-refractivity contribution in [1.82, 2.24) is 5.32 Å². The van der Waals surface area contributed by atoms with E-state index in [-0.39, 0.29) is 11.9 Å². The van der Waals surface area contributed by atoms with Gasteiger partial charge in [0.1, 0.15) is 17.3 Å². The van der Waals surface area contributed by atoms with Crippen molar-refractivity contribution >= 4 is 22.6 Å². The summed E-state index contributed by atoms with van der Waals surface area (Å²) in [7, 11) is 1.87. The van der Waals surface area contributed by atoms with Crippen LogP contribution >= 0.6 is 22.6 Å². The molecule has 0 aliphatic heterocycles. The van der Waals surface area contributed by atoms with Gasteiger partial charge in [-0.3, -0.25) is 0 Å². The van der Waals surface area contributed by atoms with Crippen molar-refractivity contribution in [2.24, 2.45) is 0 Å². The average molecular weight is 345 g/mol. The predicted molar refractivity (Wildman–Crippen MR) is 74.3 cm³/mol. The third-order valence-corrected chi connectivity index (χ3v) is 3.80. The molecule has 1 unspecified atom stereocenters. The molecule has 90 valence electrons. The molecule has 0 radical (unpaired) electrons. The van der Waals surface area contributed by atoms with Crippen LogP contribution in [0.2, 0.25) is 0 Å². The Morgan fingerprint density at radius 1 is 1.29 bits per heavy atom. The summed E-state index contributed by atoms with van der Waals surface area (Å²) in [4.78, 5) is 0. The second kappa shape index (κ2) is 5.18. The summed E-state index contributed by atoms with van der Waals surface area (Å²) in [6.07, 6.45) is 0. The summed E-state index contributed by atoms with van der Waals surface area (Å²) in [6, 6.07) is 8.94. The maximum Gasteiger partial charge on any atom is 0.137 e. The molecule has 1 aromatic carbocycles. The van der Waals surface area contributed by atoms with Gasteiger partial charge in [-0.05, 0) is 60.8 Å². The third-order valence-electron chi connectivity index (χ3n) is 2.70. The van der Waals surface area contributed by atoms with Gasteiger partial charge in [-0.25, -0.2) is 4.39 Å². The van der Waals surface area contributed by atoms with Crippen LogP contribution in [0.4, 0.5) is 4.39 Å². The molecule has 0 aliphatic rings. The fourth-order valence-electron chi connectivity index (χ4n) is 1.57. The Hall–Kier alpha value is -0.880. The van der Waals surface area contributed by atoms with E-state index in [0.29, 0.717) is 9.33 Å². The van der Waals surface area contributed by atoms with E-state index >= 15 is 0 Å². The molecule has 2 nitrogen and oxygen atoms in total. The largest absolute Gasteiger partial charge is 0.459 e. The minimum Gasteiger partial charge on any atom is -0.459 e. The van der Waals surface area contributed by atoms with Gasteiger partial charge in [0.05, 0.1) is 9.61 Å². The fourth-order valence-corrected chi connectivity index (χ4v) is 2.19. The second-order valence-electron chi connectivity index (χ2n) is 3.81. The molecule has 2 rings (SSSR count). The van der Waals surface area contributed by atoms with Crippen LogP contribution in [0.3, 0.4) is 0 Å². The van der Waals surface area contributed by atoms with E-state index in [1.54, 1.807) is 6.07 Å². The van der Waals surface area contributed by atoms with Crippen LogP contribution < -0.4 is 5.32 Å². The van der Waals surface area contributed by atoms with E-state index in [0.717, 1.165) is 11.3 Å². The van der Waals surface area contributed by atoms with Crippen molar-refractivity contribution in [2.75, 3.05) is 7.05 Å². The minimum atomic E-state index is -0.220. The Kier molecular flexibility index (Phi) is 3.83. The van der Waals surface area contributed by atoms with Crippen LogP contribution in [0.15, 0.2) is 34.7 Å². The Morgan fingerprint density at radius 3 is 2.76 bits per heavy atom. The lowest BCUT2D eigenvalue weighted by Gasteiger charge is -2.06. The van der Waals surface area contributed by atoms with Gasteiger partial charge < -0.3 is 9.73 Å².